The van der Waals surface area contributed by atoms with Crippen molar-refractivity contribution >= 4 is 72.8 Å². The van der Waals surface area contributed by atoms with Crippen LogP contribution < -0.4 is 10.2 Å². The van der Waals surface area contributed by atoms with E-state index in [-0.39, 0.29) is 73.7 Å². The Labute approximate surface area is 434 Å². The number of carbonyl (C=O) groups excluding carboxylic acids is 4. The zero-order valence-electron chi connectivity index (χ0n) is 41.2. The maximum absolute atomic E-state index is 11.7. The Morgan fingerprint density at radius 2 is 0.662 bits per heavy atom. The molecule has 0 aliphatic rings. The van der Waals surface area contributed by atoms with E-state index >= 15 is 0 Å². The van der Waals surface area contributed by atoms with Crippen LogP contribution in [0.4, 0.5) is 0 Å². The van der Waals surface area contributed by atoms with Crippen molar-refractivity contribution in [3.63, 3.8) is 0 Å². The summed E-state index contributed by atoms with van der Waals surface area (Å²) in [4.78, 5) is 44.0. The van der Waals surface area contributed by atoms with Gasteiger partial charge in [-0.2, -0.15) is 0 Å². The molecular weight excluding hydrogens is 946 g/mol. The summed E-state index contributed by atoms with van der Waals surface area (Å²) >= 11 is 0. The first kappa shape index (κ1) is 62.8. The summed E-state index contributed by atoms with van der Waals surface area (Å²) in [5.41, 5.74) is 2.16. The molecule has 0 saturated carbocycles. The van der Waals surface area contributed by atoms with E-state index in [0.29, 0.717) is 26.1 Å². The van der Waals surface area contributed by atoms with E-state index in [9.17, 15) is 29.4 Å². The minimum Gasteiger partial charge on any atom is -0.550 e. The van der Waals surface area contributed by atoms with Crippen molar-refractivity contribution in [2.45, 2.75) is 245 Å². The molecule has 2 aromatic carbocycles. The topological polar surface area (TPSA) is 151 Å². The zero-order valence-corrected chi connectivity index (χ0v) is 45.6. The molecule has 364 valence electrons. The van der Waals surface area contributed by atoms with Gasteiger partial charge in [0.25, 0.3) is 0 Å². The van der Waals surface area contributed by atoms with E-state index in [1.807, 2.05) is 74.5 Å². The SMILES string of the molecule is CCC(CCCCCCCCCCCCCCC(=O)[O-])(OCc1ccccc1)OC(C)=O.CCC(CCCCCCCCCCCCCCC(=O)[O-])(OCc1ccccc1)OC(C)=O.[Ba+2]. The number of hydrogen-bond acceptors (Lipinski definition) is 10. The zero-order chi connectivity index (χ0) is 47.0. The molecule has 0 aliphatic heterocycles. The molecular formula is C54H86BaO10. The number of ether oxygens (including phenoxy) is 4. The van der Waals surface area contributed by atoms with Gasteiger partial charge in [-0.25, -0.2) is 0 Å². The normalized spacial score (nSPS) is 12.7. The van der Waals surface area contributed by atoms with Gasteiger partial charge >= 0.3 is 60.8 Å². The molecule has 0 saturated heterocycles. The first-order valence-corrected chi connectivity index (χ1v) is 25.1. The fourth-order valence-electron chi connectivity index (χ4n) is 7.97. The van der Waals surface area contributed by atoms with Crippen molar-refractivity contribution in [1.29, 1.82) is 0 Å². The summed E-state index contributed by atoms with van der Waals surface area (Å²) in [6, 6.07) is 20.0. The van der Waals surface area contributed by atoms with E-state index in [1.165, 1.54) is 104 Å². The number of carboxylic acid groups (broad SMARTS) is 2. The van der Waals surface area contributed by atoms with Crippen LogP contribution in [0.15, 0.2) is 60.7 Å². The van der Waals surface area contributed by atoms with Crippen molar-refractivity contribution in [3.05, 3.63) is 71.8 Å². The molecule has 0 N–H and O–H groups in total. The van der Waals surface area contributed by atoms with Crippen LogP contribution in [0.1, 0.15) is 231 Å². The van der Waals surface area contributed by atoms with Crippen molar-refractivity contribution in [1.82, 2.24) is 0 Å². The largest absolute Gasteiger partial charge is 2.00 e. The molecule has 0 bridgehead atoms. The Morgan fingerprint density at radius 1 is 0.415 bits per heavy atom. The Balaban J connectivity index is 0.00000124. The number of hydrogen-bond donors (Lipinski definition) is 0. The Kier molecular flexibility index (Phi) is 40.5. The van der Waals surface area contributed by atoms with Gasteiger partial charge in [0.2, 0.25) is 11.6 Å². The number of esters is 2. The Hall–Kier alpha value is -2.19. The van der Waals surface area contributed by atoms with Gasteiger partial charge in [0.1, 0.15) is 0 Å². The Bertz CT molecular complexity index is 1350. The summed E-state index contributed by atoms with van der Waals surface area (Å²) < 4.78 is 23.5. The molecule has 2 unspecified atom stereocenters. The van der Waals surface area contributed by atoms with Crippen molar-refractivity contribution in [3.8, 4) is 0 Å². The Morgan fingerprint density at radius 3 is 0.892 bits per heavy atom. The molecule has 0 amide bonds. The standard InChI is InChI=1S/2C27H44O5.Ba/c2*1-3-27(32-24(2)28,31-23-25-19-15-14-16-20-25)22-18-13-11-9-7-5-4-6-8-10-12-17-21-26(29)30;/h2*14-16,19-20H,3-13,17-18,21-23H2,1-2H3,(H,29,30);/q;;+2/p-2. The van der Waals surface area contributed by atoms with Crippen LogP contribution in [0, 0.1) is 0 Å². The molecule has 2 rings (SSSR count). The number of unbranched alkanes of at least 4 members (excludes halogenated alkanes) is 22. The first-order chi connectivity index (χ1) is 30.9. The predicted octanol–water partition coefficient (Wildman–Crippen LogP) is 11.8. The number of benzene rings is 2. The van der Waals surface area contributed by atoms with Gasteiger partial charge in [-0.15, -0.1) is 0 Å². The van der Waals surface area contributed by atoms with E-state index in [2.05, 4.69) is 0 Å². The quantitative estimate of drug-likeness (QED) is 0.0273. The molecule has 10 nitrogen and oxygen atoms in total. The summed E-state index contributed by atoms with van der Waals surface area (Å²) in [5.74, 6) is -4.11. The third-order valence-electron chi connectivity index (χ3n) is 11.8. The summed E-state index contributed by atoms with van der Waals surface area (Å²) in [5, 5.41) is 20.7. The second-order valence-corrected chi connectivity index (χ2v) is 17.5. The second-order valence-electron chi connectivity index (χ2n) is 17.5. The van der Waals surface area contributed by atoms with E-state index in [4.69, 9.17) is 18.9 Å². The third-order valence-corrected chi connectivity index (χ3v) is 11.8. The molecule has 0 aromatic heterocycles. The van der Waals surface area contributed by atoms with Gasteiger partial charge in [0.15, 0.2) is 0 Å². The number of carbonyl (C=O) groups is 4. The minimum absolute atomic E-state index is 0. The molecule has 65 heavy (non-hydrogen) atoms. The molecule has 0 radical (unpaired) electrons. The fourth-order valence-corrected chi connectivity index (χ4v) is 7.97. The molecule has 11 heteroatoms. The van der Waals surface area contributed by atoms with Crippen molar-refractivity contribution in [2.24, 2.45) is 0 Å². The molecule has 0 heterocycles. The smallest absolute Gasteiger partial charge is 0.550 e. The molecule has 2 aromatic rings. The van der Waals surface area contributed by atoms with Gasteiger partial charge in [0, 0.05) is 51.5 Å². The average molecular weight is 1030 g/mol. The van der Waals surface area contributed by atoms with Gasteiger partial charge in [0.05, 0.1) is 13.2 Å². The first-order valence-electron chi connectivity index (χ1n) is 25.1. The molecule has 0 spiro atoms. The predicted molar refractivity (Wildman–Crippen MR) is 257 cm³/mol. The van der Waals surface area contributed by atoms with Crippen LogP contribution in [-0.4, -0.2) is 84.3 Å². The van der Waals surface area contributed by atoms with Gasteiger partial charge < -0.3 is 38.7 Å². The van der Waals surface area contributed by atoms with E-state index in [0.717, 1.165) is 88.2 Å². The minimum atomic E-state index is -0.934. The fraction of sp³-hybridized carbons (Fsp3) is 0.704. The molecule has 0 aliphatic carbocycles. The van der Waals surface area contributed by atoms with Crippen LogP contribution in [-0.2, 0) is 51.3 Å². The summed E-state index contributed by atoms with van der Waals surface area (Å²) in [7, 11) is 0. The maximum Gasteiger partial charge on any atom is 2.00 e. The average Bonchev–Trinajstić information content (AvgIpc) is 3.27. The molecule has 0 fully saturated rings. The van der Waals surface area contributed by atoms with Gasteiger partial charge in [-0.05, 0) is 49.7 Å². The third kappa shape index (κ3) is 36.5. The second kappa shape index (κ2) is 42.0. The summed E-state index contributed by atoms with van der Waals surface area (Å²) in [6.07, 6.45) is 30.4. The van der Waals surface area contributed by atoms with Gasteiger partial charge in [-0.3, -0.25) is 9.59 Å². The molecule has 2 atom stereocenters. The monoisotopic (exact) mass is 1030 g/mol. The van der Waals surface area contributed by atoms with Crippen LogP contribution in [0.3, 0.4) is 0 Å². The summed E-state index contributed by atoms with van der Waals surface area (Å²) in [6.45, 7) is 7.81. The number of aliphatic carboxylic acids is 2. The van der Waals surface area contributed by atoms with Gasteiger partial charge in [-0.1, -0.05) is 203 Å². The van der Waals surface area contributed by atoms with Crippen LogP contribution >= 0.6 is 0 Å². The van der Waals surface area contributed by atoms with Crippen LogP contribution in [0.25, 0.3) is 0 Å². The van der Waals surface area contributed by atoms with E-state index < -0.39 is 23.5 Å². The van der Waals surface area contributed by atoms with Crippen LogP contribution in [0.2, 0.25) is 0 Å². The van der Waals surface area contributed by atoms with Crippen molar-refractivity contribution in [2.75, 3.05) is 0 Å². The van der Waals surface area contributed by atoms with E-state index in [1.54, 1.807) is 0 Å². The van der Waals surface area contributed by atoms with Crippen LogP contribution in [0.5, 0.6) is 0 Å². The van der Waals surface area contributed by atoms with Crippen molar-refractivity contribution < 1.29 is 48.3 Å². The maximum atomic E-state index is 11.7. The number of carboxylic acids is 2. The number of rotatable bonds is 40.